The maximum atomic E-state index is 8.68. The Morgan fingerprint density at radius 2 is 1.73 bits per heavy atom. The summed E-state index contributed by atoms with van der Waals surface area (Å²) < 4.78 is 8.68. The van der Waals surface area contributed by atoms with Crippen LogP contribution in [0, 0.1) is 0 Å². The molecule has 11 heavy (non-hydrogen) atoms. The lowest BCUT2D eigenvalue weighted by atomic mass is 10.0. The summed E-state index contributed by atoms with van der Waals surface area (Å²) in [6.07, 6.45) is 0. The van der Waals surface area contributed by atoms with Crippen LogP contribution < -0.4 is 0 Å². The second-order valence-electron chi connectivity index (χ2n) is 2.82. The molecule has 0 heterocycles. The summed E-state index contributed by atoms with van der Waals surface area (Å²) in [5.74, 6) is 0.563. The molecule has 1 nitrogen and oxygen atoms in total. The minimum absolute atomic E-state index is 0.563. The first-order valence-electron chi connectivity index (χ1n) is 3.65. The van der Waals surface area contributed by atoms with Gasteiger partial charge in [0.1, 0.15) is 0 Å². The average Bonchev–Trinajstić information content (AvgIpc) is 2.05. The van der Waals surface area contributed by atoms with Gasteiger partial charge in [0, 0.05) is 16.9 Å². The van der Waals surface area contributed by atoms with Crippen molar-refractivity contribution >= 4 is 12.0 Å². The van der Waals surface area contributed by atoms with Gasteiger partial charge in [-0.2, -0.15) is 0 Å². The fraction of sp³-hybridized carbons (Fsp3) is 0.333. The molecule has 1 N–H and O–H groups in total. The van der Waals surface area contributed by atoms with E-state index in [1.165, 1.54) is 5.56 Å². The Morgan fingerprint density at radius 3 is 2.09 bits per heavy atom. The van der Waals surface area contributed by atoms with Gasteiger partial charge in [-0.05, 0) is 23.6 Å². The lowest BCUT2D eigenvalue weighted by Crippen LogP contribution is -1.85. The van der Waals surface area contributed by atoms with Crippen molar-refractivity contribution in [3.63, 3.8) is 0 Å². The molecule has 1 aromatic carbocycles. The molecule has 0 saturated heterocycles. The van der Waals surface area contributed by atoms with E-state index in [-0.39, 0.29) is 0 Å². The standard InChI is InChI=1S/C9H12OS/c1-7(2)8-3-5-9(11-10)6-4-8/h3-7,10H,1-2H3. The van der Waals surface area contributed by atoms with E-state index in [1.54, 1.807) is 0 Å². The number of hydrogen-bond donors (Lipinski definition) is 1. The van der Waals surface area contributed by atoms with Crippen molar-refractivity contribution in [3.8, 4) is 0 Å². The van der Waals surface area contributed by atoms with Crippen molar-refractivity contribution in [3.05, 3.63) is 29.8 Å². The predicted molar refractivity (Wildman–Crippen MR) is 49.0 cm³/mol. The van der Waals surface area contributed by atoms with Gasteiger partial charge in [-0.15, -0.1) is 0 Å². The van der Waals surface area contributed by atoms with Gasteiger partial charge in [0.2, 0.25) is 0 Å². The second kappa shape index (κ2) is 3.79. The Labute approximate surface area is 71.7 Å². The topological polar surface area (TPSA) is 20.2 Å². The highest BCUT2D eigenvalue weighted by Gasteiger charge is 1.97. The predicted octanol–water partition coefficient (Wildman–Crippen LogP) is 3.38. The van der Waals surface area contributed by atoms with Gasteiger partial charge in [-0.3, -0.25) is 0 Å². The zero-order valence-corrected chi connectivity index (χ0v) is 7.56. The van der Waals surface area contributed by atoms with Gasteiger partial charge in [-0.1, -0.05) is 26.0 Å². The summed E-state index contributed by atoms with van der Waals surface area (Å²) in [4.78, 5) is 0.898. The average molecular weight is 168 g/mol. The van der Waals surface area contributed by atoms with Gasteiger partial charge in [0.05, 0.1) is 0 Å². The maximum absolute atomic E-state index is 8.68. The van der Waals surface area contributed by atoms with Gasteiger partial charge >= 0.3 is 0 Å². The first-order valence-corrected chi connectivity index (χ1v) is 4.42. The Balaban J connectivity index is 2.83. The van der Waals surface area contributed by atoms with Crippen LogP contribution >= 0.6 is 12.0 Å². The first kappa shape index (κ1) is 8.62. The summed E-state index contributed by atoms with van der Waals surface area (Å²) in [5.41, 5.74) is 1.31. The zero-order chi connectivity index (χ0) is 8.27. The number of benzene rings is 1. The van der Waals surface area contributed by atoms with Crippen molar-refractivity contribution < 1.29 is 4.55 Å². The van der Waals surface area contributed by atoms with E-state index in [9.17, 15) is 0 Å². The zero-order valence-electron chi connectivity index (χ0n) is 6.74. The van der Waals surface area contributed by atoms with E-state index in [2.05, 4.69) is 13.8 Å². The Hall–Kier alpha value is -0.470. The molecule has 0 spiro atoms. The Bertz CT molecular complexity index is 216. The van der Waals surface area contributed by atoms with Crippen LogP contribution in [0.2, 0.25) is 0 Å². The van der Waals surface area contributed by atoms with Crippen LogP contribution in [-0.2, 0) is 0 Å². The molecule has 0 bridgehead atoms. The summed E-state index contributed by atoms with van der Waals surface area (Å²) in [6.45, 7) is 4.31. The Kier molecular flexibility index (Phi) is 2.97. The summed E-state index contributed by atoms with van der Waals surface area (Å²) >= 11 is 0.789. The van der Waals surface area contributed by atoms with Crippen molar-refractivity contribution in [2.24, 2.45) is 0 Å². The van der Waals surface area contributed by atoms with Crippen LogP contribution in [0.3, 0.4) is 0 Å². The third kappa shape index (κ3) is 2.24. The first-order chi connectivity index (χ1) is 5.24. The highest BCUT2D eigenvalue weighted by Crippen LogP contribution is 2.19. The van der Waals surface area contributed by atoms with Gasteiger partial charge in [0.25, 0.3) is 0 Å². The van der Waals surface area contributed by atoms with E-state index in [0.717, 1.165) is 16.9 Å². The minimum atomic E-state index is 0.563. The van der Waals surface area contributed by atoms with Crippen LogP contribution in [0.4, 0.5) is 0 Å². The summed E-state index contributed by atoms with van der Waals surface area (Å²) in [5, 5.41) is 0. The molecule has 0 fully saturated rings. The highest BCUT2D eigenvalue weighted by atomic mass is 32.2. The third-order valence-corrected chi connectivity index (χ3v) is 2.14. The van der Waals surface area contributed by atoms with Gasteiger partial charge < -0.3 is 4.55 Å². The van der Waals surface area contributed by atoms with E-state index >= 15 is 0 Å². The normalized spacial score (nSPS) is 10.5. The van der Waals surface area contributed by atoms with Crippen LogP contribution in [0.1, 0.15) is 25.3 Å². The monoisotopic (exact) mass is 168 g/mol. The van der Waals surface area contributed by atoms with Gasteiger partial charge in [-0.25, -0.2) is 0 Å². The quantitative estimate of drug-likeness (QED) is 0.683. The van der Waals surface area contributed by atoms with Crippen molar-refractivity contribution in [2.45, 2.75) is 24.7 Å². The molecule has 0 saturated carbocycles. The molecule has 0 radical (unpaired) electrons. The van der Waals surface area contributed by atoms with E-state index in [0.29, 0.717) is 5.92 Å². The van der Waals surface area contributed by atoms with E-state index < -0.39 is 0 Å². The molecule has 0 aliphatic carbocycles. The largest absolute Gasteiger partial charge is 0.325 e. The van der Waals surface area contributed by atoms with Crippen LogP contribution in [0.5, 0.6) is 0 Å². The maximum Gasteiger partial charge on any atom is 0.0351 e. The molecule has 0 aromatic heterocycles. The van der Waals surface area contributed by atoms with E-state index in [4.69, 9.17) is 4.55 Å². The second-order valence-corrected chi connectivity index (χ2v) is 3.47. The number of rotatable bonds is 2. The lowest BCUT2D eigenvalue weighted by molar-refractivity contribution is 0.663. The number of hydrogen-bond acceptors (Lipinski definition) is 2. The van der Waals surface area contributed by atoms with Crippen LogP contribution in [0.25, 0.3) is 0 Å². The van der Waals surface area contributed by atoms with E-state index in [1.807, 2.05) is 24.3 Å². The molecule has 1 rings (SSSR count). The summed E-state index contributed by atoms with van der Waals surface area (Å²) in [6, 6.07) is 7.95. The molecule has 0 atom stereocenters. The van der Waals surface area contributed by atoms with Crippen molar-refractivity contribution in [1.29, 1.82) is 0 Å². The highest BCUT2D eigenvalue weighted by molar-refractivity contribution is 7.93. The smallest absolute Gasteiger partial charge is 0.0351 e. The molecule has 60 valence electrons. The van der Waals surface area contributed by atoms with Crippen LogP contribution in [0.15, 0.2) is 29.2 Å². The molecule has 0 aliphatic heterocycles. The SMILES string of the molecule is CC(C)c1ccc(SO)cc1. The molecule has 0 amide bonds. The minimum Gasteiger partial charge on any atom is -0.325 e. The van der Waals surface area contributed by atoms with Crippen LogP contribution in [-0.4, -0.2) is 4.55 Å². The molecule has 2 heteroatoms. The molecule has 1 aromatic rings. The Morgan fingerprint density at radius 1 is 1.18 bits per heavy atom. The van der Waals surface area contributed by atoms with Crippen molar-refractivity contribution in [2.75, 3.05) is 0 Å². The fourth-order valence-electron chi connectivity index (χ4n) is 0.914. The molecule has 0 unspecified atom stereocenters. The van der Waals surface area contributed by atoms with Gasteiger partial charge in [0.15, 0.2) is 0 Å². The third-order valence-electron chi connectivity index (χ3n) is 1.65. The molecular formula is C9H12OS. The molecule has 0 aliphatic rings. The fourth-order valence-corrected chi connectivity index (χ4v) is 1.17. The molecular weight excluding hydrogens is 156 g/mol. The van der Waals surface area contributed by atoms with Crippen molar-refractivity contribution in [1.82, 2.24) is 0 Å². The summed E-state index contributed by atoms with van der Waals surface area (Å²) in [7, 11) is 0. The lowest BCUT2D eigenvalue weighted by Gasteiger charge is -2.04.